The fourth-order valence-corrected chi connectivity index (χ4v) is 3.05. The number of hydrogen-bond acceptors (Lipinski definition) is 4. The number of methoxy groups -OCH3 is 1. The second-order valence-electron chi connectivity index (χ2n) is 5.56. The van der Waals surface area contributed by atoms with Crippen LogP contribution in [-0.2, 0) is 10.2 Å². The standard InChI is InChI=1S/C15H15Br2NO3/c1-15(2,3)12-11(14(19)20-4)21-13(18-12)9-6-5-8(16)7-10(9)17/h5-7H,1-4H3. The molecule has 0 saturated heterocycles. The Morgan fingerprint density at radius 3 is 2.48 bits per heavy atom. The Morgan fingerprint density at radius 2 is 1.95 bits per heavy atom. The van der Waals surface area contributed by atoms with Crippen LogP contribution in [0.15, 0.2) is 31.6 Å². The van der Waals surface area contributed by atoms with Gasteiger partial charge in [0.25, 0.3) is 0 Å². The lowest BCUT2D eigenvalue weighted by molar-refractivity contribution is 0.0562. The third kappa shape index (κ3) is 3.37. The Kier molecular flexibility index (Phi) is 4.58. The van der Waals surface area contributed by atoms with Gasteiger partial charge in [0.1, 0.15) is 5.69 Å². The van der Waals surface area contributed by atoms with Crippen molar-refractivity contribution in [3.8, 4) is 11.5 Å². The molecule has 0 radical (unpaired) electrons. The molecule has 0 saturated carbocycles. The van der Waals surface area contributed by atoms with Crippen molar-refractivity contribution in [2.24, 2.45) is 0 Å². The molecule has 0 atom stereocenters. The molecule has 0 unspecified atom stereocenters. The van der Waals surface area contributed by atoms with E-state index in [1.165, 1.54) is 7.11 Å². The maximum absolute atomic E-state index is 11.9. The second kappa shape index (κ2) is 5.93. The van der Waals surface area contributed by atoms with Crippen LogP contribution < -0.4 is 0 Å². The number of nitrogens with zero attached hydrogens (tertiary/aromatic N) is 1. The zero-order valence-electron chi connectivity index (χ0n) is 12.2. The normalized spacial score (nSPS) is 11.5. The molecule has 21 heavy (non-hydrogen) atoms. The summed E-state index contributed by atoms with van der Waals surface area (Å²) in [6.45, 7) is 5.91. The van der Waals surface area contributed by atoms with Crippen LogP contribution >= 0.6 is 31.9 Å². The van der Waals surface area contributed by atoms with E-state index < -0.39 is 5.97 Å². The minimum atomic E-state index is -0.521. The van der Waals surface area contributed by atoms with E-state index in [1.807, 2.05) is 39.0 Å². The van der Waals surface area contributed by atoms with Gasteiger partial charge in [-0.25, -0.2) is 9.78 Å². The smallest absolute Gasteiger partial charge is 0.376 e. The van der Waals surface area contributed by atoms with Crippen molar-refractivity contribution in [1.82, 2.24) is 4.98 Å². The van der Waals surface area contributed by atoms with Gasteiger partial charge in [-0.15, -0.1) is 0 Å². The van der Waals surface area contributed by atoms with Crippen LogP contribution in [0.3, 0.4) is 0 Å². The molecule has 2 rings (SSSR count). The van der Waals surface area contributed by atoms with Crippen LogP contribution in [0.25, 0.3) is 11.5 Å². The molecule has 0 fully saturated rings. The number of esters is 1. The molecule has 2 aromatic rings. The van der Waals surface area contributed by atoms with Crippen LogP contribution in [-0.4, -0.2) is 18.1 Å². The van der Waals surface area contributed by atoms with Gasteiger partial charge in [0.15, 0.2) is 0 Å². The number of ether oxygens (including phenoxy) is 1. The average Bonchev–Trinajstić information content (AvgIpc) is 2.82. The van der Waals surface area contributed by atoms with Gasteiger partial charge in [-0.3, -0.25) is 0 Å². The molecule has 1 heterocycles. The fourth-order valence-electron chi connectivity index (χ4n) is 1.84. The molecule has 6 heteroatoms. The summed E-state index contributed by atoms with van der Waals surface area (Å²) in [6.07, 6.45) is 0. The van der Waals surface area contributed by atoms with E-state index in [9.17, 15) is 4.79 Å². The molecular weight excluding hydrogens is 402 g/mol. The zero-order chi connectivity index (χ0) is 15.8. The lowest BCUT2D eigenvalue weighted by Gasteiger charge is -2.15. The van der Waals surface area contributed by atoms with E-state index in [0.717, 1.165) is 14.5 Å². The largest absolute Gasteiger partial charge is 0.463 e. The van der Waals surface area contributed by atoms with Gasteiger partial charge in [0, 0.05) is 14.4 Å². The van der Waals surface area contributed by atoms with E-state index >= 15 is 0 Å². The molecule has 0 spiro atoms. The van der Waals surface area contributed by atoms with Crippen molar-refractivity contribution < 1.29 is 13.9 Å². The zero-order valence-corrected chi connectivity index (χ0v) is 15.3. The summed E-state index contributed by atoms with van der Waals surface area (Å²) in [5.41, 5.74) is 1.03. The van der Waals surface area contributed by atoms with E-state index in [2.05, 4.69) is 36.8 Å². The summed E-state index contributed by atoms with van der Waals surface area (Å²) < 4.78 is 12.2. The van der Waals surface area contributed by atoms with Crippen molar-refractivity contribution in [3.05, 3.63) is 38.6 Å². The van der Waals surface area contributed by atoms with Gasteiger partial charge in [-0.2, -0.15) is 0 Å². The summed E-state index contributed by atoms with van der Waals surface area (Å²) in [5.74, 6) is 0.0152. The third-order valence-electron chi connectivity index (χ3n) is 2.87. The topological polar surface area (TPSA) is 52.3 Å². The highest BCUT2D eigenvalue weighted by Crippen LogP contribution is 2.34. The van der Waals surface area contributed by atoms with Crippen LogP contribution in [0.1, 0.15) is 37.0 Å². The Balaban J connectivity index is 2.61. The first-order valence-electron chi connectivity index (χ1n) is 6.29. The summed E-state index contributed by atoms with van der Waals surface area (Å²) >= 11 is 6.88. The average molecular weight is 417 g/mol. The number of halogens is 2. The molecular formula is C15H15Br2NO3. The molecule has 0 aliphatic rings. The number of rotatable bonds is 2. The summed E-state index contributed by atoms with van der Waals surface area (Å²) in [6, 6.07) is 5.65. The van der Waals surface area contributed by atoms with Crippen molar-refractivity contribution in [2.75, 3.05) is 7.11 Å². The SMILES string of the molecule is COC(=O)c1oc(-c2ccc(Br)cc2Br)nc1C(C)(C)C. The Bertz CT molecular complexity index is 687. The van der Waals surface area contributed by atoms with E-state index in [-0.39, 0.29) is 11.2 Å². The second-order valence-corrected chi connectivity index (χ2v) is 7.33. The van der Waals surface area contributed by atoms with Gasteiger partial charge in [-0.05, 0) is 34.1 Å². The summed E-state index contributed by atoms with van der Waals surface area (Å²) in [4.78, 5) is 16.4. The Hall–Kier alpha value is -1.14. The monoisotopic (exact) mass is 415 g/mol. The first-order chi connectivity index (χ1) is 9.74. The lowest BCUT2D eigenvalue weighted by Crippen LogP contribution is -2.17. The summed E-state index contributed by atoms with van der Waals surface area (Å²) in [5, 5.41) is 0. The molecule has 0 N–H and O–H groups in total. The van der Waals surface area contributed by atoms with E-state index in [4.69, 9.17) is 9.15 Å². The minimum absolute atomic E-state index is 0.148. The lowest BCUT2D eigenvalue weighted by atomic mass is 9.91. The molecule has 0 amide bonds. The van der Waals surface area contributed by atoms with Crippen molar-refractivity contribution >= 4 is 37.8 Å². The Labute approximate surface area is 140 Å². The third-order valence-corrected chi connectivity index (χ3v) is 4.02. The minimum Gasteiger partial charge on any atom is -0.463 e. The number of benzene rings is 1. The maximum atomic E-state index is 11.9. The number of aromatic nitrogens is 1. The van der Waals surface area contributed by atoms with Crippen LogP contribution in [0, 0.1) is 0 Å². The molecule has 0 aliphatic carbocycles. The number of carbonyl (C=O) groups excluding carboxylic acids is 1. The van der Waals surface area contributed by atoms with Crippen LogP contribution in [0.2, 0.25) is 0 Å². The molecule has 112 valence electrons. The Morgan fingerprint density at radius 1 is 1.29 bits per heavy atom. The number of oxazole rings is 1. The molecule has 1 aromatic heterocycles. The predicted molar refractivity (Wildman–Crippen MR) is 87.4 cm³/mol. The van der Waals surface area contributed by atoms with Gasteiger partial charge < -0.3 is 9.15 Å². The van der Waals surface area contributed by atoms with Crippen molar-refractivity contribution in [1.29, 1.82) is 0 Å². The molecule has 0 bridgehead atoms. The number of carbonyl (C=O) groups is 1. The van der Waals surface area contributed by atoms with Crippen molar-refractivity contribution in [3.63, 3.8) is 0 Å². The molecule has 4 nitrogen and oxygen atoms in total. The first-order valence-corrected chi connectivity index (χ1v) is 7.87. The van der Waals surface area contributed by atoms with Gasteiger partial charge in [-0.1, -0.05) is 36.7 Å². The highest BCUT2D eigenvalue weighted by atomic mass is 79.9. The molecule has 1 aromatic carbocycles. The van der Waals surface area contributed by atoms with E-state index in [0.29, 0.717) is 11.6 Å². The van der Waals surface area contributed by atoms with Gasteiger partial charge in [0.05, 0.1) is 12.7 Å². The predicted octanol–water partition coefficient (Wildman–Crippen LogP) is 4.95. The van der Waals surface area contributed by atoms with Crippen molar-refractivity contribution in [2.45, 2.75) is 26.2 Å². The van der Waals surface area contributed by atoms with Crippen LogP contribution in [0.4, 0.5) is 0 Å². The maximum Gasteiger partial charge on any atom is 0.376 e. The highest BCUT2D eigenvalue weighted by molar-refractivity contribution is 9.11. The molecule has 0 aliphatic heterocycles. The summed E-state index contributed by atoms with van der Waals surface area (Å²) in [7, 11) is 1.33. The first kappa shape index (κ1) is 16.2. The van der Waals surface area contributed by atoms with E-state index in [1.54, 1.807) is 0 Å². The van der Waals surface area contributed by atoms with Crippen LogP contribution in [0.5, 0.6) is 0 Å². The quantitative estimate of drug-likeness (QED) is 0.649. The number of hydrogen-bond donors (Lipinski definition) is 0. The highest BCUT2D eigenvalue weighted by Gasteiger charge is 2.30. The van der Waals surface area contributed by atoms with Gasteiger partial charge >= 0.3 is 5.97 Å². The van der Waals surface area contributed by atoms with Gasteiger partial charge in [0.2, 0.25) is 11.7 Å². The fraction of sp³-hybridized carbons (Fsp3) is 0.333.